The van der Waals surface area contributed by atoms with E-state index in [1.807, 2.05) is 6.07 Å². The number of carbonyl (C=O) groups is 2. The third kappa shape index (κ3) is 2.64. The van der Waals surface area contributed by atoms with E-state index in [9.17, 15) is 14.7 Å². The minimum Gasteiger partial charge on any atom is -0.477 e. The van der Waals surface area contributed by atoms with E-state index in [-0.39, 0.29) is 17.4 Å². The molecule has 0 aliphatic carbocycles. The van der Waals surface area contributed by atoms with Gasteiger partial charge in [-0.3, -0.25) is 4.79 Å². The second-order valence-electron chi connectivity index (χ2n) is 5.87. The summed E-state index contributed by atoms with van der Waals surface area (Å²) in [5, 5.41) is 9.78. The van der Waals surface area contributed by atoms with E-state index < -0.39 is 11.9 Å². The quantitative estimate of drug-likeness (QED) is 0.665. The largest absolute Gasteiger partial charge is 0.477 e. The fraction of sp³-hybridized carbons (Fsp3) is 0.250. The standard InChI is InChI=1S/C16H14ClN5O3/c17-8-3-4-9-10(6-8)21-14(20-9)11-2-1-5-22(11)15(23)12-13(16(24)25)19-7-18-12/h3-4,6-7,11H,1-2,5H2,(H,18,19)(H,20,21)(H,24,25)/t11-/m0/s1. The zero-order valence-corrected chi connectivity index (χ0v) is 13.7. The summed E-state index contributed by atoms with van der Waals surface area (Å²) >= 11 is 6.00. The fourth-order valence-electron chi connectivity index (χ4n) is 3.21. The number of hydrogen-bond donors (Lipinski definition) is 3. The van der Waals surface area contributed by atoms with E-state index in [0.29, 0.717) is 17.4 Å². The molecule has 2 aromatic heterocycles. The summed E-state index contributed by atoms with van der Waals surface area (Å²) in [6, 6.07) is 5.10. The van der Waals surface area contributed by atoms with Gasteiger partial charge in [-0.1, -0.05) is 11.6 Å². The van der Waals surface area contributed by atoms with Crippen LogP contribution in [0.2, 0.25) is 5.02 Å². The average Bonchev–Trinajstić information content (AvgIpc) is 3.31. The molecular weight excluding hydrogens is 346 g/mol. The average molecular weight is 360 g/mol. The van der Waals surface area contributed by atoms with Gasteiger partial charge in [-0.15, -0.1) is 0 Å². The Bertz CT molecular complexity index is 979. The van der Waals surface area contributed by atoms with Gasteiger partial charge in [0.25, 0.3) is 5.91 Å². The Hall–Kier alpha value is -2.87. The van der Waals surface area contributed by atoms with Crippen LogP contribution in [0, 0.1) is 0 Å². The van der Waals surface area contributed by atoms with Crippen molar-refractivity contribution >= 4 is 34.5 Å². The maximum atomic E-state index is 12.8. The van der Waals surface area contributed by atoms with Gasteiger partial charge in [0.1, 0.15) is 5.82 Å². The third-order valence-electron chi connectivity index (χ3n) is 4.35. The molecule has 8 nitrogen and oxygen atoms in total. The molecule has 3 aromatic rings. The summed E-state index contributed by atoms with van der Waals surface area (Å²) in [4.78, 5) is 39.8. The van der Waals surface area contributed by atoms with E-state index >= 15 is 0 Å². The van der Waals surface area contributed by atoms with Crippen molar-refractivity contribution in [2.24, 2.45) is 0 Å². The zero-order valence-electron chi connectivity index (χ0n) is 13.0. The third-order valence-corrected chi connectivity index (χ3v) is 4.58. The Morgan fingerprint density at radius 2 is 2.20 bits per heavy atom. The molecule has 3 heterocycles. The molecule has 0 unspecified atom stereocenters. The van der Waals surface area contributed by atoms with Gasteiger partial charge in [-0.25, -0.2) is 14.8 Å². The highest BCUT2D eigenvalue weighted by atomic mass is 35.5. The van der Waals surface area contributed by atoms with Gasteiger partial charge in [0.15, 0.2) is 11.4 Å². The van der Waals surface area contributed by atoms with Gasteiger partial charge in [-0.2, -0.15) is 0 Å². The predicted molar refractivity (Wildman–Crippen MR) is 89.7 cm³/mol. The van der Waals surface area contributed by atoms with Crippen molar-refractivity contribution in [3.8, 4) is 0 Å². The Morgan fingerprint density at radius 1 is 1.36 bits per heavy atom. The number of carboxylic acid groups (broad SMARTS) is 1. The van der Waals surface area contributed by atoms with Crippen molar-refractivity contribution in [2.45, 2.75) is 18.9 Å². The number of imidazole rings is 2. The molecule has 1 fully saturated rings. The van der Waals surface area contributed by atoms with Crippen molar-refractivity contribution in [3.05, 3.63) is 46.8 Å². The van der Waals surface area contributed by atoms with Crippen LogP contribution in [0.15, 0.2) is 24.5 Å². The van der Waals surface area contributed by atoms with Crippen molar-refractivity contribution in [1.82, 2.24) is 24.8 Å². The van der Waals surface area contributed by atoms with Gasteiger partial charge in [0.05, 0.1) is 23.4 Å². The van der Waals surface area contributed by atoms with E-state index in [2.05, 4.69) is 19.9 Å². The minimum atomic E-state index is -1.21. The minimum absolute atomic E-state index is 0.0847. The number of fused-ring (bicyclic) bond motifs is 1. The van der Waals surface area contributed by atoms with Gasteiger partial charge >= 0.3 is 5.97 Å². The summed E-state index contributed by atoms with van der Waals surface area (Å²) in [7, 11) is 0. The molecule has 1 saturated heterocycles. The molecule has 1 aliphatic rings. The monoisotopic (exact) mass is 359 g/mol. The molecule has 0 saturated carbocycles. The lowest BCUT2D eigenvalue weighted by Gasteiger charge is -2.22. The lowest BCUT2D eigenvalue weighted by atomic mass is 10.2. The van der Waals surface area contributed by atoms with Gasteiger partial charge < -0.3 is 20.0 Å². The first-order chi connectivity index (χ1) is 12.0. The molecule has 9 heteroatoms. The van der Waals surface area contributed by atoms with E-state index in [4.69, 9.17) is 11.6 Å². The lowest BCUT2D eigenvalue weighted by molar-refractivity contribution is 0.0661. The molecule has 128 valence electrons. The fourth-order valence-corrected chi connectivity index (χ4v) is 3.38. The zero-order chi connectivity index (χ0) is 17.6. The predicted octanol–water partition coefficient (Wildman–Crippen LogP) is 2.61. The van der Waals surface area contributed by atoms with Crippen LogP contribution < -0.4 is 0 Å². The highest BCUT2D eigenvalue weighted by Gasteiger charge is 2.35. The number of likely N-dealkylation sites (tertiary alicyclic amines) is 1. The highest BCUT2D eigenvalue weighted by molar-refractivity contribution is 6.31. The number of amides is 1. The molecule has 1 atom stereocenters. The normalized spacial score (nSPS) is 17.3. The summed E-state index contributed by atoms with van der Waals surface area (Å²) in [6.45, 7) is 0.521. The molecule has 3 N–H and O–H groups in total. The lowest BCUT2D eigenvalue weighted by Crippen LogP contribution is -2.32. The number of carbonyl (C=O) groups excluding carboxylic acids is 1. The summed E-state index contributed by atoms with van der Waals surface area (Å²) < 4.78 is 0. The van der Waals surface area contributed by atoms with Gasteiger partial charge in [0.2, 0.25) is 0 Å². The van der Waals surface area contributed by atoms with Crippen molar-refractivity contribution < 1.29 is 14.7 Å². The van der Waals surface area contributed by atoms with Crippen LogP contribution in [-0.2, 0) is 0 Å². The van der Waals surface area contributed by atoms with E-state index in [1.165, 1.54) is 6.33 Å². The number of rotatable bonds is 3. The van der Waals surface area contributed by atoms with Crippen molar-refractivity contribution in [1.29, 1.82) is 0 Å². The second kappa shape index (κ2) is 5.89. The van der Waals surface area contributed by atoms with Crippen LogP contribution in [0.4, 0.5) is 0 Å². The van der Waals surface area contributed by atoms with Crippen molar-refractivity contribution in [2.75, 3.05) is 6.54 Å². The van der Waals surface area contributed by atoms with Crippen LogP contribution in [0.3, 0.4) is 0 Å². The Morgan fingerprint density at radius 3 is 3.00 bits per heavy atom. The summed E-state index contributed by atoms with van der Waals surface area (Å²) in [5.41, 5.74) is 1.28. The first kappa shape index (κ1) is 15.6. The number of aromatic carboxylic acids is 1. The molecule has 0 bridgehead atoms. The number of aromatic amines is 2. The van der Waals surface area contributed by atoms with Crippen LogP contribution in [0.5, 0.6) is 0 Å². The molecule has 1 aliphatic heterocycles. The number of nitrogens with zero attached hydrogens (tertiary/aromatic N) is 3. The molecular formula is C16H14ClN5O3. The summed E-state index contributed by atoms with van der Waals surface area (Å²) in [5.74, 6) is -0.967. The van der Waals surface area contributed by atoms with E-state index in [1.54, 1.807) is 17.0 Å². The number of H-pyrrole nitrogens is 2. The molecule has 0 spiro atoms. The van der Waals surface area contributed by atoms with Gasteiger partial charge in [0, 0.05) is 11.6 Å². The number of carboxylic acids is 1. The van der Waals surface area contributed by atoms with Gasteiger partial charge in [-0.05, 0) is 31.0 Å². The first-order valence-electron chi connectivity index (χ1n) is 7.77. The highest BCUT2D eigenvalue weighted by Crippen LogP contribution is 2.33. The molecule has 0 radical (unpaired) electrons. The maximum absolute atomic E-state index is 12.8. The molecule has 1 amide bonds. The molecule has 1 aromatic carbocycles. The van der Waals surface area contributed by atoms with Crippen LogP contribution in [-0.4, -0.2) is 48.4 Å². The second-order valence-corrected chi connectivity index (χ2v) is 6.31. The molecule has 25 heavy (non-hydrogen) atoms. The van der Waals surface area contributed by atoms with Crippen LogP contribution >= 0.6 is 11.6 Å². The maximum Gasteiger partial charge on any atom is 0.354 e. The van der Waals surface area contributed by atoms with Crippen LogP contribution in [0.25, 0.3) is 11.0 Å². The smallest absolute Gasteiger partial charge is 0.354 e. The number of halogens is 1. The van der Waals surface area contributed by atoms with Crippen LogP contribution in [0.1, 0.15) is 45.7 Å². The first-order valence-corrected chi connectivity index (χ1v) is 8.15. The molecule has 4 rings (SSSR count). The Balaban J connectivity index is 1.68. The Labute approximate surface area is 146 Å². The topological polar surface area (TPSA) is 115 Å². The number of aromatic nitrogens is 4. The van der Waals surface area contributed by atoms with Crippen molar-refractivity contribution in [3.63, 3.8) is 0 Å². The summed E-state index contributed by atoms with van der Waals surface area (Å²) in [6.07, 6.45) is 2.76. The number of benzene rings is 1. The Kier molecular flexibility index (Phi) is 3.69. The van der Waals surface area contributed by atoms with E-state index in [0.717, 1.165) is 23.9 Å². The number of hydrogen-bond acceptors (Lipinski definition) is 4. The SMILES string of the molecule is O=C(O)c1[nH]cnc1C(=O)N1CCC[C@H]1c1nc2ccc(Cl)cc2[nH]1. The number of nitrogens with one attached hydrogen (secondary N) is 2.